The summed E-state index contributed by atoms with van der Waals surface area (Å²) in [6.07, 6.45) is 0.898. The van der Waals surface area contributed by atoms with E-state index in [9.17, 15) is 26.8 Å². The van der Waals surface area contributed by atoms with E-state index in [4.69, 9.17) is 11.6 Å². The fraction of sp³-hybridized carbons (Fsp3) is 0.333. The number of sulfonamides is 1. The van der Waals surface area contributed by atoms with Crippen molar-refractivity contribution < 1.29 is 26.8 Å². The first-order valence-corrected chi connectivity index (χ1v) is 11.9. The van der Waals surface area contributed by atoms with Gasteiger partial charge in [0, 0.05) is 13.1 Å². The summed E-state index contributed by atoms with van der Waals surface area (Å²) in [5.41, 5.74) is 0.547. The summed E-state index contributed by atoms with van der Waals surface area (Å²) in [6, 6.07) is 7.72. The molecule has 2 aromatic carbocycles. The van der Waals surface area contributed by atoms with Crippen molar-refractivity contribution in [1.82, 2.24) is 10.2 Å². The SMILES string of the molecule is CCNC(=O)[C@H](C)N(Cc1ccc(F)cc1)C(=O)CN(c1ccc(F)c(Cl)c1)S(C)(=O)=O. The van der Waals surface area contributed by atoms with Crippen LogP contribution >= 0.6 is 11.6 Å². The van der Waals surface area contributed by atoms with Crippen molar-refractivity contribution in [2.24, 2.45) is 0 Å². The maximum Gasteiger partial charge on any atom is 0.244 e. The molecule has 0 aliphatic carbocycles. The van der Waals surface area contributed by atoms with Gasteiger partial charge in [-0.1, -0.05) is 23.7 Å². The zero-order valence-electron chi connectivity index (χ0n) is 17.8. The summed E-state index contributed by atoms with van der Waals surface area (Å²) in [4.78, 5) is 26.8. The maximum absolute atomic E-state index is 13.5. The molecule has 0 saturated carbocycles. The van der Waals surface area contributed by atoms with Crippen LogP contribution in [0, 0.1) is 11.6 Å². The van der Waals surface area contributed by atoms with Crippen molar-refractivity contribution in [2.45, 2.75) is 26.4 Å². The largest absolute Gasteiger partial charge is 0.355 e. The Hall–Kier alpha value is -2.72. The van der Waals surface area contributed by atoms with Gasteiger partial charge in [-0.2, -0.15) is 0 Å². The molecule has 0 aliphatic heterocycles. The van der Waals surface area contributed by atoms with Crippen LogP contribution in [0.5, 0.6) is 0 Å². The Morgan fingerprint density at radius 1 is 1.12 bits per heavy atom. The van der Waals surface area contributed by atoms with Gasteiger partial charge in [0.15, 0.2) is 0 Å². The Balaban J connectivity index is 2.39. The number of likely N-dealkylation sites (N-methyl/N-ethyl adjacent to an activating group) is 1. The fourth-order valence-electron chi connectivity index (χ4n) is 2.94. The van der Waals surface area contributed by atoms with Crippen LogP contribution in [0.1, 0.15) is 19.4 Å². The average Bonchev–Trinajstić information content (AvgIpc) is 2.72. The molecule has 32 heavy (non-hydrogen) atoms. The number of carbonyl (C=O) groups excluding carboxylic acids is 2. The predicted molar refractivity (Wildman–Crippen MR) is 119 cm³/mol. The number of benzene rings is 2. The molecule has 2 amide bonds. The van der Waals surface area contributed by atoms with Crippen LogP contribution < -0.4 is 9.62 Å². The van der Waals surface area contributed by atoms with Crippen molar-refractivity contribution in [3.63, 3.8) is 0 Å². The standard InChI is InChI=1S/C21H24ClF2N3O4S/c1-4-25-21(29)14(2)26(12-15-5-7-16(23)8-6-15)20(28)13-27(32(3,30)31)17-9-10-19(24)18(22)11-17/h5-11,14H,4,12-13H2,1-3H3,(H,25,29)/t14-/m0/s1. The van der Waals surface area contributed by atoms with Crippen LogP contribution in [0.25, 0.3) is 0 Å². The van der Waals surface area contributed by atoms with Gasteiger partial charge in [-0.3, -0.25) is 13.9 Å². The molecule has 1 atom stereocenters. The van der Waals surface area contributed by atoms with E-state index in [-0.39, 0.29) is 17.3 Å². The zero-order chi connectivity index (χ0) is 24.1. The minimum absolute atomic E-state index is 0.000329. The maximum atomic E-state index is 13.5. The van der Waals surface area contributed by atoms with Crippen LogP contribution in [-0.4, -0.2) is 50.5 Å². The van der Waals surface area contributed by atoms with Crippen LogP contribution in [0.3, 0.4) is 0 Å². The van der Waals surface area contributed by atoms with Crippen LogP contribution in [0.4, 0.5) is 14.5 Å². The van der Waals surface area contributed by atoms with Gasteiger partial charge < -0.3 is 10.2 Å². The van der Waals surface area contributed by atoms with E-state index in [1.807, 2.05) is 0 Å². The molecule has 1 N–H and O–H groups in total. The highest BCUT2D eigenvalue weighted by molar-refractivity contribution is 7.92. The third-order valence-corrected chi connectivity index (χ3v) is 6.09. The molecule has 174 valence electrons. The molecule has 0 bridgehead atoms. The summed E-state index contributed by atoms with van der Waals surface area (Å²) >= 11 is 5.78. The number of halogens is 3. The Kier molecular flexibility index (Phi) is 8.57. The minimum Gasteiger partial charge on any atom is -0.355 e. The predicted octanol–water partition coefficient (Wildman–Crippen LogP) is 2.94. The number of hydrogen-bond acceptors (Lipinski definition) is 4. The molecule has 0 spiro atoms. The summed E-state index contributed by atoms with van der Waals surface area (Å²) in [7, 11) is -3.96. The van der Waals surface area contributed by atoms with E-state index in [1.54, 1.807) is 6.92 Å². The quantitative estimate of drug-likeness (QED) is 0.589. The molecule has 2 rings (SSSR count). The molecule has 0 saturated heterocycles. The highest BCUT2D eigenvalue weighted by atomic mass is 35.5. The van der Waals surface area contributed by atoms with Crippen LogP contribution in [0.2, 0.25) is 5.02 Å². The molecule has 0 radical (unpaired) electrons. The van der Waals surface area contributed by atoms with E-state index in [2.05, 4.69) is 5.32 Å². The molecule has 0 aromatic heterocycles. The van der Waals surface area contributed by atoms with Crippen LogP contribution in [0.15, 0.2) is 42.5 Å². The topological polar surface area (TPSA) is 86.8 Å². The lowest BCUT2D eigenvalue weighted by Gasteiger charge is -2.31. The second kappa shape index (κ2) is 10.7. The summed E-state index contributed by atoms with van der Waals surface area (Å²) < 4.78 is 52.4. The molecular weight excluding hydrogens is 464 g/mol. The molecular formula is C21H24ClF2N3O4S. The van der Waals surface area contributed by atoms with Crippen molar-refractivity contribution >= 4 is 39.1 Å². The molecule has 0 heterocycles. The monoisotopic (exact) mass is 487 g/mol. The first-order chi connectivity index (χ1) is 14.9. The zero-order valence-corrected chi connectivity index (χ0v) is 19.4. The van der Waals surface area contributed by atoms with Gasteiger partial charge in [0.2, 0.25) is 21.8 Å². The van der Waals surface area contributed by atoms with Crippen LogP contribution in [-0.2, 0) is 26.2 Å². The molecule has 0 fully saturated rings. The molecule has 0 unspecified atom stereocenters. The number of hydrogen-bond donors (Lipinski definition) is 1. The van der Waals surface area contributed by atoms with E-state index in [1.165, 1.54) is 42.2 Å². The Morgan fingerprint density at radius 3 is 2.28 bits per heavy atom. The van der Waals surface area contributed by atoms with Gasteiger partial charge in [-0.15, -0.1) is 0 Å². The highest BCUT2D eigenvalue weighted by Gasteiger charge is 2.30. The lowest BCUT2D eigenvalue weighted by atomic mass is 10.1. The Morgan fingerprint density at radius 2 is 1.75 bits per heavy atom. The highest BCUT2D eigenvalue weighted by Crippen LogP contribution is 2.25. The lowest BCUT2D eigenvalue weighted by Crippen LogP contribution is -2.51. The summed E-state index contributed by atoms with van der Waals surface area (Å²) in [6.45, 7) is 2.86. The molecule has 0 aliphatic rings. The average molecular weight is 488 g/mol. The Bertz CT molecular complexity index is 1080. The number of rotatable bonds is 9. The fourth-order valence-corrected chi connectivity index (χ4v) is 3.96. The van der Waals surface area contributed by atoms with Gasteiger partial charge in [0.05, 0.1) is 17.0 Å². The molecule has 11 heteroatoms. The number of nitrogens with zero attached hydrogens (tertiary/aromatic N) is 2. The van der Waals surface area contributed by atoms with Crippen molar-refractivity contribution in [1.29, 1.82) is 0 Å². The lowest BCUT2D eigenvalue weighted by molar-refractivity contribution is -0.139. The second-order valence-electron chi connectivity index (χ2n) is 7.09. The minimum atomic E-state index is -3.96. The third-order valence-electron chi connectivity index (χ3n) is 4.65. The summed E-state index contributed by atoms with van der Waals surface area (Å²) in [5, 5.41) is 2.32. The first kappa shape index (κ1) is 25.5. The van der Waals surface area contributed by atoms with Gasteiger partial charge in [-0.25, -0.2) is 17.2 Å². The Labute approximate surface area is 191 Å². The van der Waals surface area contributed by atoms with Crippen molar-refractivity contribution in [3.8, 4) is 0 Å². The second-order valence-corrected chi connectivity index (χ2v) is 9.40. The number of nitrogens with one attached hydrogen (secondary N) is 1. The number of amides is 2. The summed E-state index contributed by atoms with van der Waals surface area (Å²) in [5.74, 6) is -2.31. The van der Waals surface area contributed by atoms with Gasteiger partial charge >= 0.3 is 0 Å². The van der Waals surface area contributed by atoms with Gasteiger partial charge in [0.25, 0.3) is 0 Å². The van der Waals surface area contributed by atoms with E-state index < -0.39 is 46.1 Å². The van der Waals surface area contributed by atoms with Crippen molar-refractivity contribution in [2.75, 3.05) is 23.7 Å². The van der Waals surface area contributed by atoms with E-state index in [0.717, 1.165) is 22.7 Å². The van der Waals surface area contributed by atoms with Crippen molar-refractivity contribution in [3.05, 3.63) is 64.7 Å². The number of carbonyl (C=O) groups is 2. The number of anilines is 1. The van der Waals surface area contributed by atoms with Gasteiger partial charge in [0.1, 0.15) is 24.2 Å². The smallest absolute Gasteiger partial charge is 0.244 e. The van der Waals surface area contributed by atoms with Gasteiger partial charge in [-0.05, 0) is 49.7 Å². The first-order valence-electron chi connectivity index (χ1n) is 9.68. The normalized spacial score (nSPS) is 12.2. The van der Waals surface area contributed by atoms with E-state index >= 15 is 0 Å². The third kappa shape index (κ3) is 6.64. The molecule has 2 aromatic rings. The van der Waals surface area contributed by atoms with E-state index in [0.29, 0.717) is 12.1 Å². The molecule has 7 nitrogen and oxygen atoms in total.